The van der Waals surface area contributed by atoms with E-state index >= 15 is 0 Å². The second kappa shape index (κ2) is 11.8. The first-order valence-electron chi connectivity index (χ1n) is 11.9. The number of methoxy groups -OCH3 is 1. The summed E-state index contributed by atoms with van der Waals surface area (Å²) in [5, 5.41) is 9.52. The number of carboxylic acids is 1. The van der Waals surface area contributed by atoms with E-state index in [2.05, 4.69) is 19.1 Å². The van der Waals surface area contributed by atoms with Crippen LogP contribution in [0.15, 0.2) is 48.5 Å². The fourth-order valence-corrected chi connectivity index (χ4v) is 4.62. The predicted molar refractivity (Wildman–Crippen MR) is 128 cm³/mol. The molecule has 0 saturated carbocycles. The molecule has 0 heterocycles. The zero-order valence-electron chi connectivity index (χ0n) is 19.8. The number of carbonyl (C=O) groups is 2. The molecule has 0 radical (unpaired) electrons. The summed E-state index contributed by atoms with van der Waals surface area (Å²) >= 11 is 0. The van der Waals surface area contributed by atoms with Crippen molar-refractivity contribution in [2.45, 2.75) is 58.1 Å². The molecular weight excluding hydrogens is 418 g/mol. The Bertz CT molecular complexity index is 898. The van der Waals surface area contributed by atoms with E-state index in [1.807, 2.05) is 36.4 Å². The van der Waals surface area contributed by atoms with Crippen LogP contribution in [0.4, 0.5) is 4.79 Å². The van der Waals surface area contributed by atoms with E-state index in [0.29, 0.717) is 13.0 Å². The molecule has 6 nitrogen and oxygen atoms in total. The lowest BCUT2D eigenvalue weighted by atomic mass is 9.98. The number of benzene rings is 2. The van der Waals surface area contributed by atoms with Gasteiger partial charge in [-0.05, 0) is 35.6 Å². The number of ether oxygens (including phenoxy) is 2. The molecule has 0 fully saturated rings. The van der Waals surface area contributed by atoms with Crippen LogP contribution in [0.25, 0.3) is 11.1 Å². The third-order valence-electron chi connectivity index (χ3n) is 6.48. The molecule has 2 atom stereocenters. The van der Waals surface area contributed by atoms with E-state index in [1.165, 1.54) is 7.11 Å². The highest BCUT2D eigenvalue weighted by atomic mass is 16.5. The van der Waals surface area contributed by atoms with Crippen molar-refractivity contribution in [3.05, 3.63) is 59.7 Å². The number of fused-ring (bicyclic) bond motifs is 3. The summed E-state index contributed by atoms with van der Waals surface area (Å²) < 4.78 is 11.2. The summed E-state index contributed by atoms with van der Waals surface area (Å²) in [6.45, 7) is 4.38. The molecule has 1 N–H and O–H groups in total. The van der Waals surface area contributed by atoms with Crippen LogP contribution in [0.1, 0.15) is 63.1 Å². The quantitative estimate of drug-likeness (QED) is 0.405. The van der Waals surface area contributed by atoms with E-state index in [1.54, 1.807) is 11.8 Å². The van der Waals surface area contributed by atoms with Crippen molar-refractivity contribution in [3.8, 4) is 11.1 Å². The predicted octanol–water partition coefficient (Wildman–Crippen LogP) is 5.90. The maximum Gasteiger partial charge on any atom is 0.410 e. The SMILES string of the molecule is CCCCCC[C@@H](OCCN(C(=O)OC)C1c2ccccc2-c2ccccc21)[C@@H](C)C(=O)O. The molecule has 1 aliphatic rings. The Hall–Kier alpha value is -2.86. The van der Waals surface area contributed by atoms with Crippen molar-refractivity contribution in [2.24, 2.45) is 5.92 Å². The number of unbranched alkanes of at least 4 members (excludes halogenated alkanes) is 3. The Morgan fingerprint density at radius 1 is 1.00 bits per heavy atom. The Kier molecular flexibility index (Phi) is 8.89. The zero-order chi connectivity index (χ0) is 23.8. The first-order chi connectivity index (χ1) is 16.0. The first kappa shape index (κ1) is 24.8. The fraction of sp³-hybridized carbons (Fsp3) is 0.481. The van der Waals surface area contributed by atoms with Gasteiger partial charge >= 0.3 is 12.1 Å². The summed E-state index contributed by atoms with van der Waals surface area (Å²) in [5.74, 6) is -1.47. The van der Waals surface area contributed by atoms with Crippen LogP contribution in [0, 0.1) is 5.92 Å². The van der Waals surface area contributed by atoms with Gasteiger partial charge in [-0.2, -0.15) is 0 Å². The minimum absolute atomic E-state index is 0.242. The van der Waals surface area contributed by atoms with E-state index in [-0.39, 0.29) is 18.8 Å². The topological polar surface area (TPSA) is 76.1 Å². The highest BCUT2D eigenvalue weighted by Crippen LogP contribution is 2.46. The molecule has 0 bridgehead atoms. The third kappa shape index (κ3) is 5.74. The summed E-state index contributed by atoms with van der Waals surface area (Å²) in [6.07, 6.45) is 4.12. The van der Waals surface area contributed by atoms with Crippen LogP contribution < -0.4 is 0 Å². The maximum atomic E-state index is 12.8. The van der Waals surface area contributed by atoms with Crippen molar-refractivity contribution in [1.29, 1.82) is 0 Å². The Labute approximate surface area is 196 Å². The molecule has 1 aliphatic carbocycles. The summed E-state index contributed by atoms with van der Waals surface area (Å²) in [7, 11) is 1.38. The lowest BCUT2D eigenvalue weighted by Gasteiger charge is -2.30. The zero-order valence-corrected chi connectivity index (χ0v) is 19.8. The van der Waals surface area contributed by atoms with Crippen LogP contribution in [0.2, 0.25) is 0 Å². The number of rotatable bonds is 12. The van der Waals surface area contributed by atoms with Gasteiger partial charge in [0.15, 0.2) is 0 Å². The number of hydrogen-bond donors (Lipinski definition) is 1. The van der Waals surface area contributed by atoms with Gasteiger partial charge in [0, 0.05) is 6.54 Å². The second-order valence-corrected chi connectivity index (χ2v) is 8.63. The summed E-state index contributed by atoms with van der Waals surface area (Å²) in [5.41, 5.74) is 4.33. The minimum Gasteiger partial charge on any atom is -0.481 e. The van der Waals surface area contributed by atoms with E-state index in [4.69, 9.17) is 9.47 Å². The van der Waals surface area contributed by atoms with Gasteiger partial charge in [-0.15, -0.1) is 0 Å². The molecule has 0 aliphatic heterocycles. The Balaban J connectivity index is 1.76. The molecular formula is C27H35NO5. The molecule has 0 unspecified atom stereocenters. The molecule has 0 saturated heterocycles. The van der Waals surface area contributed by atoms with Gasteiger partial charge in [0.1, 0.15) is 0 Å². The molecule has 178 valence electrons. The largest absolute Gasteiger partial charge is 0.481 e. The van der Waals surface area contributed by atoms with Gasteiger partial charge in [0.05, 0.1) is 31.8 Å². The van der Waals surface area contributed by atoms with Crippen molar-refractivity contribution in [1.82, 2.24) is 4.90 Å². The Morgan fingerprint density at radius 3 is 2.15 bits per heavy atom. The van der Waals surface area contributed by atoms with E-state index < -0.39 is 18.0 Å². The van der Waals surface area contributed by atoms with Crippen molar-refractivity contribution in [2.75, 3.05) is 20.3 Å². The van der Waals surface area contributed by atoms with Gasteiger partial charge in [-0.3, -0.25) is 9.69 Å². The van der Waals surface area contributed by atoms with Crippen molar-refractivity contribution >= 4 is 12.1 Å². The third-order valence-corrected chi connectivity index (χ3v) is 6.48. The lowest BCUT2D eigenvalue weighted by Crippen LogP contribution is -2.38. The number of carbonyl (C=O) groups excluding carboxylic acids is 1. The minimum atomic E-state index is -0.862. The molecule has 2 aromatic rings. The van der Waals surface area contributed by atoms with Crippen molar-refractivity contribution in [3.63, 3.8) is 0 Å². The first-order valence-corrected chi connectivity index (χ1v) is 11.9. The maximum absolute atomic E-state index is 12.8. The average molecular weight is 454 g/mol. The number of carboxylic acid groups (broad SMARTS) is 1. The van der Waals surface area contributed by atoms with Crippen molar-refractivity contribution < 1.29 is 24.2 Å². The number of aliphatic carboxylic acids is 1. The smallest absolute Gasteiger partial charge is 0.410 e. The molecule has 33 heavy (non-hydrogen) atoms. The van der Waals surface area contributed by atoms with Gasteiger partial charge in [-0.1, -0.05) is 81.1 Å². The fourth-order valence-electron chi connectivity index (χ4n) is 4.62. The van der Waals surface area contributed by atoms with Gasteiger partial charge in [0.25, 0.3) is 0 Å². The molecule has 1 amide bonds. The summed E-state index contributed by atoms with van der Waals surface area (Å²) in [6, 6.07) is 15.9. The van der Waals surface area contributed by atoms with Gasteiger partial charge < -0.3 is 14.6 Å². The molecule has 6 heteroatoms. The van der Waals surface area contributed by atoms with Crippen LogP contribution in [0.3, 0.4) is 0 Å². The molecule has 0 aromatic heterocycles. The number of hydrogen-bond acceptors (Lipinski definition) is 4. The number of amides is 1. The van der Waals surface area contributed by atoms with Crippen LogP contribution in [-0.4, -0.2) is 48.4 Å². The van der Waals surface area contributed by atoms with Crippen LogP contribution in [0.5, 0.6) is 0 Å². The van der Waals surface area contributed by atoms with Gasteiger partial charge in [0.2, 0.25) is 0 Å². The highest BCUT2D eigenvalue weighted by Gasteiger charge is 2.36. The molecule has 0 spiro atoms. The van der Waals surface area contributed by atoms with Crippen LogP contribution >= 0.6 is 0 Å². The second-order valence-electron chi connectivity index (χ2n) is 8.63. The van der Waals surface area contributed by atoms with E-state index in [0.717, 1.165) is 47.9 Å². The Morgan fingerprint density at radius 2 is 1.61 bits per heavy atom. The normalized spacial score (nSPS) is 14.3. The monoisotopic (exact) mass is 453 g/mol. The highest BCUT2D eigenvalue weighted by molar-refractivity contribution is 5.81. The average Bonchev–Trinajstić information content (AvgIpc) is 3.16. The lowest BCUT2D eigenvalue weighted by molar-refractivity contribution is -0.147. The van der Waals surface area contributed by atoms with Crippen LogP contribution in [-0.2, 0) is 14.3 Å². The number of nitrogens with zero attached hydrogens (tertiary/aromatic N) is 1. The molecule has 2 aromatic carbocycles. The standard InChI is InChI=1S/C27H35NO5/c1-4-5-6-7-16-24(19(2)26(29)30)33-18-17-28(27(31)32-3)25-22-14-10-8-12-20(22)21-13-9-11-15-23(21)25/h8-15,19,24-25H,4-7,16-18H2,1-3H3,(H,29,30)/t19-,24-/m1/s1. The molecule has 3 rings (SSSR count). The van der Waals surface area contributed by atoms with E-state index in [9.17, 15) is 14.7 Å². The summed E-state index contributed by atoms with van der Waals surface area (Å²) in [4.78, 5) is 26.1. The van der Waals surface area contributed by atoms with Gasteiger partial charge in [-0.25, -0.2) is 4.79 Å².